The molecule has 1 rings (SSSR count). The van der Waals surface area contributed by atoms with E-state index in [9.17, 15) is 9.59 Å². The van der Waals surface area contributed by atoms with E-state index >= 15 is 0 Å². The maximum absolute atomic E-state index is 11.8. The van der Waals surface area contributed by atoms with E-state index in [2.05, 4.69) is 15.6 Å². The molecule has 1 aromatic heterocycles. The molecule has 0 aromatic carbocycles. The van der Waals surface area contributed by atoms with E-state index in [0.29, 0.717) is 6.42 Å². The van der Waals surface area contributed by atoms with E-state index in [1.54, 1.807) is 6.92 Å². The first-order valence-corrected chi connectivity index (χ1v) is 6.90. The number of hydrogen-bond acceptors (Lipinski definition) is 4. The van der Waals surface area contributed by atoms with Crippen LogP contribution in [0.2, 0.25) is 0 Å². The molecule has 0 aliphatic rings. The van der Waals surface area contributed by atoms with Gasteiger partial charge in [0.05, 0.1) is 6.04 Å². The van der Waals surface area contributed by atoms with E-state index in [0.717, 1.165) is 10.7 Å². The number of carboxylic acids is 1. The summed E-state index contributed by atoms with van der Waals surface area (Å²) in [5.74, 6) is -1.05. The van der Waals surface area contributed by atoms with Gasteiger partial charge in [0.1, 0.15) is 10.5 Å². The topological polar surface area (TPSA) is 91.3 Å². The number of aromatic nitrogens is 1. The van der Waals surface area contributed by atoms with E-state index < -0.39 is 17.5 Å². The van der Waals surface area contributed by atoms with Crippen LogP contribution >= 0.6 is 11.3 Å². The van der Waals surface area contributed by atoms with Gasteiger partial charge in [0.15, 0.2) is 0 Å². The maximum atomic E-state index is 11.8. The number of amides is 2. The van der Waals surface area contributed by atoms with Crippen molar-refractivity contribution in [1.82, 2.24) is 15.6 Å². The lowest BCUT2D eigenvalue weighted by atomic mass is 10.00. The fourth-order valence-corrected chi connectivity index (χ4v) is 2.21. The van der Waals surface area contributed by atoms with E-state index in [1.807, 2.05) is 19.2 Å². The number of aliphatic carboxylic acids is 1. The zero-order chi connectivity index (χ0) is 14.6. The zero-order valence-electron chi connectivity index (χ0n) is 11.5. The van der Waals surface area contributed by atoms with Crippen LogP contribution in [-0.4, -0.2) is 27.6 Å². The molecule has 1 aromatic rings. The Kier molecular flexibility index (Phi) is 4.88. The highest BCUT2D eigenvalue weighted by Crippen LogP contribution is 2.17. The first-order valence-electron chi connectivity index (χ1n) is 6.02. The number of carbonyl (C=O) groups excluding carboxylic acids is 1. The number of nitrogens with one attached hydrogen (secondary N) is 2. The Labute approximate surface area is 116 Å². The number of carbonyl (C=O) groups is 2. The van der Waals surface area contributed by atoms with Crippen LogP contribution in [-0.2, 0) is 4.79 Å². The van der Waals surface area contributed by atoms with Crippen molar-refractivity contribution < 1.29 is 14.7 Å². The second-order valence-electron chi connectivity index (χ2n) is 4.64. The van der Waals surface area contributed by atoms with Crippen LogP contribution in [0.25, 0.3) is 0 Å². The van der Waals surface area contributed by atoms with Crippen LogP contribution in [0.5, 0.6) is 0 Å². The highest BCUT2D eigenvalue weighted by Gasteiger charge is 2.33. The molecule has 0 saturated heterocycles. The number of aryl methyl sites for hydroxylation is 1. The van der Waals surface area contributed by atoms with Crippen molar-refractivity contribution >= 4 is 23.3 Å². The molecule has 0 spiro atoms. The molecular weight excluding hydrogens is 266 g/mol. The Bertz CT molecular complexity index is 475. The molecular formula is C12H19N3O3S. The first kappa shape index (κ1) is 15.4. The van der Waals surface area contributed by atoms with Gasteiger partial charge in [-0.05, 0) is 27.2 Å². The van der Waals surface area contributed by atoms with Crippen molar-refractivity contribution in [2.45, 2.75) is 45.7 Å². The van der Waals surface area contributed by atoms with Crippen LogP contribution in [0.3, 0.4) is 0 Å². The summed E-state index contributed by atoms with van der Waals surface area (Å²) in [6, 6.07) is -0.763. The molecule has 19 heavy (non-hydrogen) atoms. The molecule has 1 heterocycles. The van der Waals surface area contributed by atoms with Crippen LogP contribution < -0.4 is 10.6 Å². The van der Waals surface area contributed by atoms with Crippen LogP contribution in [0.1, 0.15) is 43.9 Å². The van der Waals surface area contributed by atoms with Gasteiger partial charge in [-0.25, -0.2) is 14.6 Å². The second kappa shape index (κ2) is 6.01. The minimum absolute atomic E-state index is 0.256. The van der Waals surface area contributed by atoms with Crippen LogP contribution in [0, 0.1) is 6.92 Å². The summed E-state index contributed by atoms with van der Waals surface area (Å²) in [5, 5.41) is 16.9. The van der Waals surface area contributed by atoms with Crippen molar-refractivity contribution in [1.29, 1.82) is 0 Å². The molecule has 2 amide bonds. The largest absolute Gasteiger partial charge is 0.480 e. The van der Waals surface area contributed by atoms with Gasteiger partial charge in [0.25, 0.3) is 0 Å². The predicted octanol–water partition coefficient (Wildman–Crippen LogP) is 2.07. The summed E-state index contributed by atoms with van der Waals surface area (Å²) in [6.45, 7) is 6.88. The number of nitrogens with zero attached hydrogens (tertiary/aromatic N) is 1. The molecule has 0 fully saturated rings. The number of rotatable bonds is 5. The third-order valence-corrected chi connectivity index (χ3v) is 4.07. The number of carboxylic acid groups (broad SMARTS) is 1. The molecule has 0 bridgehead atoms. The third kappa shape index (κ3) is 3.92. The monoisotopic (exact) mass is 285 g/mol. The van der Waals surface area contributed by atoms with Crippen molar-refractivity contribution in [2.24, 2.45) is 0 Å². The Morgan fingerprint density at radius 3 is 2.63 bits per heavy atom. The molecule has 3 N–H and O–H groups in total. The number of thiazole rings is 1. The minimum Gasteiger partial charge on any atom is -0.480 e. The Hall–Kier alpha value is -1.63. The average Bonchev–Trinajstić information content (AvgIpc) is 2.75. The first-order chi connectivity index (χ1) is 8.78. The molecule has 0 aliphatic carbocycles. The summed E-state index contributed by atoms with van der Waals surface area (Å²) in [5.41, 5.74) is -0.360. The summed E-state index contributed by atoms with van der Waals surface area (Å²) < 4.78 is 0. The van der Waals surface area contributed by atoms with Gasteiger partial charge in [0.2, 0.25) is 0 Å². The number of urea groups is 1. The quantitative estimate of drug-likeness (QED) is 0.772. The Morgan fingerprint density at radius 1 is 1.58 bits per heavy atom. The fraction of sp³-hybridized carbons (Fsp3) is 0.583. The SMILES string of the molecule is CCC(C)(NC(=O)NC(C)c1nc(C)cs1)C(=O)O. The molecule has 0 radical (unpaired) electrons. The normalized spacial score (nSPS) is 15.4. The van der Waals surface area contributed by atoms with Crippen LogP contribution in [0.15, 0.2) is 5.38 Å². The Morgan fingerprint density at radius 2 is 2.21 bits per heavy atom. The fourth-order valence-electron chi connectivity index (χ4n) is 1.41. The zero-order valence-corrected chi connectivity index (χ0v) is 12.3. The van der Waals surface area contributed by atoms with Gasteiger partial charge in [-0.15, -0.1) is 11.3 Å². The van der Waals surface area contributed by atoms with Gasteiger partial charge in [-0.2, -0.15) is 0 Å². The second-order valence-corrected chi connectivity index (χ2v) is 5.53. The summed E-state index contributed by atoms with van der Waals surface area (Å²) in [4.78, 5) is 27.2. The van der Waals surface area contributed by atoms with E-state index in [1.165, 1.54) is 18.3 Å². The van der Waals surface area contributed by atoms with Gasteiger partial charge in [-0.3, -0.25) is 0 Å². The molecule has 106 valence electrons. The average molecular weight is 285 g/mol. The summed E-state index contributed by atoms with van der Waals surface area (Å²) in [6.07, 6.45) is 0.306. The highest BCUT2D eigenvalue weighted by atomic mass is 32.1. The molecule has 2 unspecified atom stereocenters. The molecule has 0 aliphatic heterocycles. The lowest BCUT2D eigenvalue weighted by Gasteiger charge is -2.25. The lowest BCUT2D eigenvalue weighted by Crippen LogP contribution is -2.55. The van der Waals surface area contributed by atoms with Gasteiger partial charge in [0, 0.05) is 11.1 Å². The highest BCUT2D eigenvalue weighted by molar-refractivity contribution is 7.09. The van der Waals surface area contributed by atoms with Crippen LogP contribution in [0.4, 0.5) is 4.79 Å². The maximum Gasteiger partial charge on any atom is 0.329 e. The summed E-state index contributed by atoms with van der Waals surface area (Å²) >= 11 is 1.46. The van der Waals surface area contributed by atoms with Crippen molar-refractivity contribution in [3.63, 3.8) is 0 Å². The van der Waals surface area contributed by atoms with Gasteiger partial charge in [-0.1, -0.05) is 6.92 Å². The van der Waals surface area contributed by atoms with Crippen molar-refractivity contribution in [3.8, 4) is 0 Å². The predicted molar refractivity (Wildman–Crippen MR) is 73.3 cm³/mol. The molecule has 0 saturated carbocycles. The minimum atomic E-state index is -1.26. The molecule has 6 nitrogen and oxygen atoms in total. The van der Waals surface area contributed by atoms with E-state index in [-0.39, 0.29) is 6.04 Å². The van der Waals surface area contributed by atoms with Crippen molar-refractivity contribution in [2.75, 3.05) is 0 Å². The Balaban J connectivity index is 2.63. The van der Waals surface area contributed by atoms with E-state index in [4.69, 9.17) is 5.11 Å². The standard InChI is InChI=1S/C12H19N3O3S/c1-5-12(4,10(16)17)15-11(18)14-8(3)9-13-7(2)6-19-9/h6,8H,5H2,1-4H3,(H,16,17)(H2,14,15,18). The lowest BCUT2D eigenvalue weighted by molar-refractivity contribution is -0.143. The smallest absolute Gasteiger partial charge is 0.329 e. The number of hydrogen-bond donors (Lipinski definition) is 3. The van der Waals surface area contributed by atoms with Gasteiger partial charge >= 0.3 is 12.0 Å². The molecule has 2 atom stereocenters. The van der Waals surface area contributed by atoms with Gasteiger partial charge < -0.3 is 15.7 Å². The third-order valence-electron chi connectivity index (χ3n) is 2.92. The van der Waals surface area contributed by atoms with Crippen molar-refractivity contribution in [3.05, 3.63) is 16.1 Å². The summed E-state index contributed by atoms with van der Waals surface area (Å²) in [7, 11) is 0. The molecule has 7 heteroatoms.